The van der Waals surface area contributed by atoms with Crippen LogP contribution in [0.1, 0.15) is 10.9 Å². The Hall–Kier alpha value is -0.730. The molecule has 0 aliphatic rings. The van der Waals surface area contributed by atoms with Crippen LogP contribution in [-0.2, 0) is 9.53 Å². The summed E-state index contributed by atoms with van der Waals surface area (Å²) in [5.41, 5.74) is 0.708. The highest BCUT2D eigenvalue weighted by Gasteiger charge is 2.18. The van der Waals surface area contributed by atoms with Crippen molar-refractivity contribution in [2.45, 2.75) is 5.38 Å². The van der Waals surface area contributed by atoms with Crippen LogP contribution in [0.2, 0.25) is 0 Å². The minimum Gasteiger partial charge on any atom is -0.448 e. The molecular weight excluding hydrogens is 211 g/mol. The summed E-state index contributed by atoms with van der Waals surface area (Å²) in [6.07, 6.45) is 0. The molecule has 0 aromatic heterocycles. The van der Waals surface area contributed by atoms with Crippen molar-refractivity contribution in [3.8, 4) is 0 Å². The second-order valence-electron chi connectivity index (χ2n) is 2.35. The van der Waals surface area contributed by atoms with Crippen molar-refractivity contribution in [1.29, 1.82) is 0 Å². The van der Waals surface area contributed by atoms with Gasteiger partial charge in [-0.25, -0.2) is 0 Å². The predicted molar refractivity (Wildman–Crippen MR) is 51.8 cm³/mol. The number of carbonyl (C=O) groups excluding carboxylic acids is 1. The highest BCUT2D eigenvalue weighted by atomic mass is 35.5. The zero-order valence-electron chi connectivity index (χ0n) is 6.74. The first-order chi connectivity index (χ1) is 6.25. The number of ether oxygens (including phenoxy) is 1. The smallest absolute Gasteiger partial charge is 0.329 e. The Labute approximate surface area is 86.4 Å². The average Bonchev–Trinajstić information content (AvgIpc) is 2.18. The molecule has 0 aliphatic heterocycles. The van der Waals surface area contributed by atoms with Crippen LogP contribution in [0.15, 0.2) is 30.3 Å². The van der Waals surface area contributed by atoms with Crippen molar-refractivity contribution >= 4 is 29.2 Å². The van der Waals surface area contributed by atoms with Crippen molar-refractivity contribution in [2.24, 2.45) is 0 Å². The lowest BCUT2D eigenvalue weighted by Crippen LogP contribution is -2.10. The molecule has 0 spiro atoms. The third-order valence-corrected chi connectivity index (χ3v) is 2.04. The summed E-state index contributed by atoms with van der Waals surface area (Å²) in [5, 5.41) is -0.778. The Kier molecular flexibility index (Phi) is 4.06. The van der Waals surface area contributed by atoms with E-state index in [2.05, 4.69) is 4.74 Å². The molecule has 1 unspecified atom stereocenters. The van der Waals surface area contributed by atoms with Crippen LogP contribution in [0, 0.1) is 0 Å². The van der Waals surface area contributed by atoms with Gasteiger partial charge in [0.15, 0.2) is 11.4 Å². The Bertz CT molecular complexity index is 274. The molecule has 70 valence electrons. The number of hydrogen-bond acceptors (Lipinski definition) is 2. The van der Waals surface area contributed by atoms with Gasteiger partial charge < -0.3 is 4.74 Å². The SMILES string of the molecule is O=C(OCCl)C(Cl)c1ccccc1. The molecule has 0 fully saturated rings. The van der Waals surface area contributed by atoms with Gasteiger partial charge in [-0.05, 0) is 5.56 Å². The fraction of sp³-hybridized carbons (Fsp3) is 0.222. The third kappa shape index (κ3) is 2.90. The van der Waals surface area contributed by atoms with Crippen molar-refractivity contribution in [3.63, 3.8) is 0 Å². The molecule has 1 rings (SSSR count). The molecule has 2 nitrogen and oxygen atoms in total. The van der Waals surface area contributed by atoms with Crippen LogP contribution in [-0.4, -0.2) is 12.0 Å². The molecular formula is C9H8Cl2O2. The fourth-order valence-corrected chi connectivity index (χ4v) is 1.20. The number of rotatable bonds is 3. The van der Waals surface area contributed by atoms with Crippen LogP contribution in [0.4, 0.5) is 0 Å². The first-order valence-electron chi connectivity index (χ1n) is 3.67. The predicted octanol–water partition coefficient (Wildman–Crippen LogP) is 2.71. The molecule has 0 N–H and O–H groups in total. The van der Waals surface area contributed by atoms with E-state index < -0.39 is 11.3 Å². The van der Waals surface area contributed by atoms with Crippen LogP contribution >= 0.6 is 23.2 Å². The Balaban J connectivity index is 2.68. The standard InChI is InChI=1S/C9H8Cl2O2/c10-6-13-9(12)8(11)7-4-2-1-3-5-7/h1-5,8H,6H2. The summed E-state index contributed by atoms with van der Waals surface area (Å²) in [7, 11) is 0. The van der Waals surface area contributed by atoms with Gasteiger partial charge in [-0.2, -0.15) is 0 Å². The molecule has 0 saturated heterocycles. The van der Waals surface area contributed by atoms with Gasteiger partial charge in [-0.1, -0.05) is 41.9 Å². The van der Waals surface area contributed by atoms with Gasteiger partial charge in [-0.3, -0.25) is 4.79 Å². The zero-order valence-corrected chi connectivity index (χ0v) is 8.26. The largest absolute Gasteiger partial charge is 0.448 e. The Morgan fingerprint density at radius 2 is 2.00 bits per heavy atom. The van der Waals surface area contributed by atoms with E-state index in [0.29, 0.717) is 5.56 Å². The highest BCUT2D eigenvalue weighted by molar-refractivity contribution is 6.30. The van der Waals surface area contributed by atoms with Gasteiger partial charge in [-0.15, -0.1) is 11.6 Å². The summed E-state index contributed by atoms with van der Waals surface area (Å²) in [5.74, 6) is -0.525. The van der Waals surface area contributed by atoms with E-state index in [-0.39, 0.29) is 6.07 Å². The van der Waals surface area contributed by atoms with E-state index in [1.165, 1.54) is 0 Å². The minimum absolute atomic E-state index is 0.172. The second kappa shape index (κ2) is 5.10. The molecule has 0 heterocycles. The molecule has 0 bridgehead atoms. The quantitative estimate of drug-likeness (QED) is 0.577. The molecule has 0 radical (unpaired) electrons. The minimum atomic E-state index is -0.778. The van der Waals surface area contributed by atoms with E-state index in [1.54, 1.807) is 24.3 Å². The monoisotopic (exact) mass is 218 g/mol. The number of benzene rings is 1. The maximum absolute atomic E-state index is 11.1. The first-order valence-corrected chi connectivity index (χ1v) is 4.64. The number of carbonyl (C=O) groups is 1. The Morgan fingerprint density at radius 3 is 2.54 bits per heavy atom. The molecule has 0 aliphatic carbocycles. The molecule has 4 heteroatoms. The topological polar surface area (TPSA) is 26.3 Å². The third-order valence-electron chi connectivity index (χ3n) is 1.50. The van der Waals surface area contributed by atoms with Crippen LogP contribution in [0.25, 0.3) is 0 Å². The maximum Gasteiger partial charge on any atom is 0.329 e. The van der Waals surface area contributed by atoms with Gasteiger partial charge in [0, 0.05) is 0 Å². The van der Waals surface area contributed by atoms with Crippen molar-refractivity contribution in [2.75, 3.05) is 6.07 Å². The zero-order chi connectivity index (χ0) is 9.68. The maximum atomic E-state index is 11.1. The molecule has 0 amide bonds. The lowest BCUT2D eigenvalue weighted by Gasteiger charge is -2.07. The van der Waals surface area contributed by atoms with E-state index in [0.717, 1.165) is 0 Å². The van der Waals surface area contributed by atoms with Crippen molar-refractivity contribution in [3.05, 3.63) is 35.9 Å². The molecule has 13 heavy (non-hydrogen) atoms. The van der Waals surface area contributed by atoms with Gasteiger partial charge in [0.05, 0.1) is 0 Å². The molecule has 0 saturated carbocycles. The van der Waals surface area contributed by atoms with Crippen molar-refractivity contribution < 1.29 is 9.53 Å². The summed E-state index contributed by atoms with van der Waals surface area (Å²) in [6.45, 7) is 0. The van der Waals surface area contributed by atoms with Crippen molar-refractivity contribution in [1.82, 2.24) is 0 Å². The number of alkyl halides is 2. The lowest BCUT2D eigenvalue weighted by atomic mass is 10.1. The van der Waals surface area contributed by atoms with Gasteiger partial charge in [0.1, 0.15) is 0 Å². The number of esters is 1. The van der Waals surface area contributed by atoms with Crippen LogP contribution < -0.4 is 0 Å². The summed E-state index contributed by atoms with van der Waals surface area (Å²) < 4.78 is 4.55. The molecule has 1 atom stereocenters. The summed E-state index contributed by atoms with van der Waals surface area (Å²) in [6, 6.07) is 8.80. The fourth-order valence-electron chi connectivity index (χ4n) is 0.885. The van der Waals surface area contributed by atoms with E-state index in [1.807, 2.05) is 6.07 Å². The molecule has 1 aromatic carbocycles. The van der Waals surface area contributed by atoms with Gasteiger partial charge in [0.2, 0.25) is 0 Å². The van der Waals surface area contributed by atoms with Crippen LogP contribution in [0.3, 0.4) is 0 Å². The van der Waals surface area contributed by atoms with E-state index in [4.69, 9.17) is 23.2 Å². The average molecular weight is 219 g/mol. The van der Waals surface area contributed by atoms with Gasteiger partial charge >= 0.3 is 5.97 Å². The summed E-state index contributed by atoms with van der Waals surface area (Å²) in [4.78, 5) is 11.1. The van der Waals surface area contributed by atoms with E-state index in [9.17, 15) is 4.79 Å². The van der Waals surface area contributed by atoms with Gasteiger partial charge in [0.25, 0.3) is 0 Å². The first kappa shape index (κ1) is 10.4. The normalized spacial score (nSPS) is 12.2. The molecule has 1 aromatic rings. The van der Waals surface area contributed by atoms with Crippen LogP contribution in [0.5, 0.6) is 0 Å². The summed E-state index contributed by atoms with van der Waals surface area (Å²) >= 11 is 11.0. The number of halogens is 2. The number of hydrogen-bond donors (Lipinski definition) is 0. The second-order valence-corrected chi connectivity index (χ2v) is 3.00. The Morgan fingerprint density at radius 1 is 1.38 bits per heavy atom. The highest BCUT2D eigenvalue weighted by Crippen LogP contribution is 2.21. The lowest BCUT2D eigenvalue weighted by molar-refractivity contribution is -0.141. The van der Waals surface area contributed by atoms with E-state index >= 15 is 0 Å².